The SMILES string of the molecule is CCC([O])c1c(C(Cl)(Cl)Cl)cccc1C(Cl)(Cl)Cl. The summed E-state index contributed by atoms with van der Waals surface area (Å²) in [5, 5.41) is 12.1. The van der Waals surface area contributed by atoms with Crippen molar-refractivity contribution in [2.45, 2.75) is 27.0 Å². The van der Waals surface area contributed by atoms with Gasteiger partial charge < -0.3 is 0 Å². The monoisotopic (exact) mass is 367 g/mol. The molecule has 1 aromatic rings. The molecule has 1 radical (unpaired) electrons. The van der Waals surface area contributed by atoms with Crippen LogP contribution in [0.3, 0.4) is 0 Å². The lowest BCUT2D eigenvalue weighted by molar-refractivity contribution is 0.0842. The standard InChI is InChI=1S/C11H9Cl6O/c1-2-8(18)9-6(10(12,13)14)4-3-5-7(9)11(15,16)17/h3-5,8H,2H2,1H3. The van der Waals surface area contributed by atoms with Crippen molar-refractivity contribution < 1.29 is 5.11 Å². The van der Waals surface area contributed by atoms with Crippen LogP contribution in [0.2, 0.25) is 0 Å². The minimum atomic E-state index is -1.74. The maximum absolute atomic E-state index is 12.1. The smallest absolute Gasteiger partial charge is 0.216 e. The summed E-state index contributed by atoms with van der Waals surface area (Å²) in [5.74, 6) is 0. The van der Waals surface area contributed by atoms with Crippen LogP contribution in [0.4, 0.5) is 0 Å². The van der Waals surface area contributed by atoms with Crippen LogP contribution in [0.25, 0.3) is 0 Å². The molecule has 0 saturated carbocycles. The maximum Gasteiger partial charge on any atom is 0.216 e. The second-order valence-electron chi connectivity index (χ2n) is 3.66. The van der Waals surface area contributed by atoms with Crippen LogP contribution in [-0.2, 0) is 12.7 Å². The Balaban J connectivity index is 3.56. The highest BCUT2D eigenvalue weighted by Gasteiger charge is 2.35. The van der Waals surface area contributed by atoms with Crippen molar-refractivity contribution in [3.8, 4) is 0 Å². The van der Waals surface area contributed by atoms with Crippen LogP contribution in [0.1, 0.15) is 36.1 Å². The molecule has 0 fully saturated rings. The van der Waals surface area contributed by atoms with Crippen molar-refractivity contribution in [3.63, 3.8) is 0 Å². The van der Waals surface area contributed by atoms with E-state index in [1.54, 1.807) is 25.1 Å². The Hall–Kier alpha value is 0.920. The molecule has 1 atom stereocenters. The van der Waals surface area contributed by atoms with E-state index in [1.807, 2.05) is 0 Å². The van der Waals surface area contributed by atoms with Gasteiger partial charge >= 0.3 is 0 Å². The molecule has 0 aliphatic heterocycles. The molecule has 1 aromatic carbocycles. The van der Waals surface area contributed by atoms with Gasteiger partial charge in [-0.15, -0.1) is 0 Å². The number of halogens is 6. The first-order chi connectivity index (χ1) is 8.09. The number of hydrogen-bond donors (Lipinski definition) is 0. The fourth-order valence-electron chi connectivity index (χ4n) is 1.61. The molecule has 1 nitrogen and oxygen atoms in total. The molecule has 101 valence electrons. The molecule has 0 heterocycles. The summed E-state index contributed by atoms with van der Waals surface area (Å²) in [5.41, 5.74) is 0.733. The average Bonchev–Trinajstić information content (AvgIpc) is 2.24. The largest absolute Gasteiger partial charge is 0.228 e. The fourth-order valence-corrected chi connectivity index (χ4v) is 2.60. The van der Waals surface area contributed by atoms with Gasteiger partial charge in [0.05, 0.1) is 0 Å². The minimum absolute atomic E-state index is 0.236. The van der Waals surface area contributed by atoms with Gasteiger partial charge in [0.1, 0.15) is 6.10 Å². The number of hydrogen-bond acceptors (Lipinski definition) is 0. The van der Waals surface area contributed by atoms with Gasteiger partial charge in [-0.1, -0.05) is 94.7 Å². The number of benzene rings is 1. The maximum atomic E-state index is 12.1. The molecule has 0 saturated heterocycles. The van der Waals surface area contributed by atoms with Crippen LogP contribution in [-0.4, -0.2) is 0 Å². The molecule has 7 heteroatoms. The molecule has 0 aromatic heterocycles. The van der Waals surface area contributed by atoms with E-state index < -0.39 is 13.7 Å². The van der Waals surface area contributed by atoms with Crippen LogP contribution >= 0.6 is 69.6 Å². The summed E-state index contributed by atoms with van der Waals surface area (Å²) in [6, 6.07) is 4.67. The molecular weight excluding hydrogens is 361 g/mol. The van der Waals surface area contributed by atoms with Crippen molar-refractivity contribution in [1.82, 2.24) is 0 Å². The molecule has 0 amide bonds. The highest BCUT2D eigenvalue weighted by molar-refractivity contribution is 6.67. The molecular formula is C11H9Cl6O. The fraction of sp³-hybridized carbons (Fsp3) is 0.455. The first kappa shape index (κ1) is 17.0. The van der Waals surface area contributed by atoms with E-state index in [4.69, 9.17) is 69.6 Å². The molecule has 1 unspecified atom stereocenters. The molecule has 0 bridgehead atoms. The molecule has 1 rings (SSSR count). The van der Waals surface area contributed by atoms with Gasteiger partial charge in [0.15, 0.2) is 0 Å². The normalized spacial score (nSPS) is 14.7. The third-order valence-electron chi connectivity index (χ3n) is 2.41. The zero-order valence-corrected chi connectivity index (χ0v) is 13.7. The summed E-state index contributed by atoms with van der Waals surface area (Å²) in [4.78, 5) is 0. The van der Waals surface area contributed by atoms with Crippen molar-refractivity contribution in [3.05, 3.63) is 34.9 Å². The van der Waals surface area contributed by atoms with E-state index >= 15 is 0 Å². The summed E-state index contributed by atoms with van der Waals surface area (Å²) >= 11 is 35.1. The lowest BCUT2D eigenvalue weighted by Gasteiger charge is -2.24. The van der Waals surface area contributed by atoms with Gasteiger partial charge in [-0.2, -0.15) is 0 Å². The molecule has 0 aliphatic rings. The first-order valence-corrected chi connectivity index (χ1v) is 7.29. The minimum Gasteiger partial charge on any atom is -0.228 e. The van der Waals surface area contributed by atoms with Crippen LogP contribution in [0, 0.1) is 0 Å². The first-order valence-electron chi connectivity index (χ1n) is 5.02. The van der Waals surface area contributed by atoms with Gasteiger partial charge in [-0.25, -0.2) is 5.11 Å². The summed E-state index contributed by atoms with van der Waals surface area (Å²) in [6.45, 7) is 1.72. The van der Waals surface area contributed by atoms with E-state index in [-0.39, 0.29) is 16.7 Å². The van der Waals surface area contributed by atoms with E-state index in [2.05, 4.69) is 0 Å². The topological polar surface area (TPSA) is 19.9 Å². The molecule has 0 spiro atoms. The van der Waals surface area contributed by atoms with Crippen LogP contribution in [0.15, 0.2) is 18.2 Å². The second-order valence-corrected chi connectivity index (χ2v) is 8.22. The third kappa shape index (κ3) is 3.96. The molecule has 18 heavy (non-hydrogen) atoms. The van der Waals surface area contributed by atoms with Gasteiger partial charge in [0, 0.05) is 11.1 Å². The number of alkyl halides is 6. The van der Waals surface area contributed by atoms with Gasteiger partial charge in [0.2, 0.25) is 7.59 Å². The predicted molar refractivity (Wildman–Crippen MR) is 78.6 cm³/mol. The highest BCUT2D eigenvalue weighted by Crippen LogP contribution is 2.48. The Morgan fingerprint density at radius 3 is 1.67 bits per heavy atom. The van der Waals surface area contributed by atoms with Gasteiger partial charge in [0.25, 0.3) is 0 Å². The lowest BCUT2D eigenvalue weighted by atomic mass is 9.96. The summed E-state index contributed by atoms with van der Waals surface area (Å²) in [7, 11) is 0. The number of rotatable bonds is 2. The summed E-state index contributed by atoms with van der Waals surface area (Å²) in [6.07, 6.45) is -0.826. The average molecular weight is 370 g/mol. The van der Waals surface area contributed by atoms with E-state index in [1.165, 1.54) is 0 Å². The summed E-state index contributed by atoms with van der Waals surface area (Å²) < 4.78 is -3.47. The Bertz CT molecular complexity index is 388. The second kappa shape index (κ2) is 6.13. The zero-order valence-electron chi connectivity index (χ0n) is 9.19. The molecule has 0 aliphatic carbocycles. The van der Waals surface area contributed by atoms with Crippen molar-refractivity contribution >= 4 is 69.6 Å². The van der Waals surface area contributed by atoms with Crippen LogP contribution < -0.4 is 0 Å². The molecule has 0 N–H and O–H groups in total. The Morgan fingerprint density at radius 1 is 1.00 bits per heavy atom. The van der Waals surface area contributed by atoms with E-state index in [0.29, 0.717) is 6.42 Å². The highest BCUT2D eigenvalue weighted by atomic mass is 35.6. The van der Waals surface area contributed by atoms with Gasteiger partial charge in [-0.3, -0.25) is 0 Å². The van der Waals surface area contributed by atoms with E-state index in [9.17, 15) is 5.11 Å². The van der Waals surface area contributed by atoms with E-state index in [0.717, 1.165) is 0 Å². The predicted octanol–water partition coefficient (Wildman–Crippen LogP) is 6.22. The van der Waals surface area contributed by atoms with Gasteiger partial charge in [-0.05, 0) is 12.0 Å². The third-order valence-corrected chi connectivity index (χ3v) is 3.63. The zero-order chi connectivity index (χ0) is 14.1. The Kier molecular flexibility index (Phi) is 5.78. The lowest BCUT2D eigenvalue weighted by Crippen LogP contribution is -2.15. The van der Waals surface area contributed by atoms with Crippen molar-refractivity contribution in [1.29, 1.82) is 0 Å². The van der Waals surface area contributed by atoms with Crippen molar-refractivity contribution in [2.24, 2.45) is 0 Å². The Labute approximate surface area is 136 Å². The van der Waals surface area contributed by atoms with Crippen LogP contribution in [0.5, 0.6) is 0 Å². The quantitative estimate of drug-likeness (QED) is 0.551. The van der Waals surface area contributed by atoms with Crippen molar-refractivity contribution in [2.75, 3.05) is 0 Å². The Morgan fingerprint density at radius 2 is 1.39 bits per heavy atom.